The average Bonchev–Trinajstić information content (AvgIpc) is 2.90. The summed E-state index contributed by atoms with van der Waals surface area (Å²) in [5.41, 5.74) is 2.87. The van der Waals surface area contributed by atoms with E-state index in [4.69, 9.17) is 0 Å². The first-order valence-corrected chi connectivity index (χ1v) is 8.13. The van der Waals surface area contributed by atoms with E-state index in [0.29, 0.717) is 5.92 Å². The van der Waals surface area contributed by atoms with Crippen LogP contribution < -0.4 is 0 Å². The minimum atomic E-state index is 0.114. The fourth-order valence-corrected chi connectivity index (χ4v) is 3.51. The van der Waals surface area contributed by atoms with E-state index in [1.165, 1.54) is 5.56 Å². The first-order valence-electron chi connectivity index (χ1n) is 7.25. The van der Waals surface area contributed by atoms with Crippen LogP contribution in [0.15, 0.2) is 53.9 Å². The number of ketones is 1. The highest BCUT2D eigenvalue weighted by atomic mass is 32.1. The van der Waals surface area contributed by atoms with E-state index in [-0.39, 0.29) is 5.78 Å². The van der Waals surface area contributed by atoms with Crippen molar-refractivity contribution < 1.29 is 4.79 Å². The Morgan fingerprint density at radius 1 is 1.05 bits per heavy atom. The maximum atomic E-state index is 12.7. The zero-order valence-corrected chi connectivity index (χ0v) is 13.1. The van der Waals surface area contributed by atoms with Crippen LogP contribution in [0, 0.1) is 5.92 Å². The first kappa shape index (κ1) is 14.0. The number of benzene rings is 2. The Bertz CT molecular complexity index is 766. The summed E-state index contributed by atoms with van der Waals surface area (Å²) in [6.45, 7) is 4.41. The first-order chi connectivity index (χ1) is 10.1. The summed E-state index contributed by atoms with van der Waals surface area (Å²) < 4.78 is 1.16. The van der Waals surface area contributed by atoms with Crippen LogP contribution in [0.25, 0.3) is 10.1 Å². The molecule has 2 aromatic carbocycles. The van der Waals surface area contributed by atoms with Crippen LogP contribution in [0.3, 0.4) is 0 Å². The molecule has 0 saturated carbocycles. The van der Waals surface area contributed by atoms with Gasteiger partial charge in [0, 0.05) is 26.6 Å². The molecule has 3 aromatic rings. The fraction of sp³-hybridized carbons (Fsp3) is 0.211. The molecule has 0 bridgehead atoms. The Morgan fingerprint density at radius 2 is 1.76 bits per heavy atom. The normalized spacial score (nSPS) is 11.2. The van der Waals surface area contributed by atoms with Crippen LogP contribution in [0.4, 0.5) is 0 Å². The van der Waals surface area contributed by atoms with Gasteiger partial charge in [0.1, 0.15) is 0 Å². The van der Waals surface area contributed by atoms with E-state index in [2.05, 4.69) is 32.0 Å². The molecule has 3 rings (SSSR count). The molecule has 0 unspecified atom stereocenters. The monoisotopic (exact) mass is 294 g/mol. The van der Waals surface area contributed by atoms with Crippen molar-refractivity contribution in [3.63, 3.8) is 0 Å². The van der Waals surface area contributed by atoms with Crippen LogP contribution >= 0.6 is 11.3 Å². The highest BCUT2D eigenvalue weighted by molar-refractivity contribution is 7.17. The summed E-state index contributed by atoms with van der Waals surface area (Å²) in [4.78, 5) is 12.7. The zero-order valence-electron chi connectivity index (χ0n) is 12.3. The lowest BCUT2D eigenvalue weighted by Crippen LogP contribution is -2.01. The van der Waals surface area contributed by atoms with Crippen LogP contribution in [0.2, 0.25) is 0 Å². The Morgan fingerprint density at radius 3 is 2.48 bits per heavy atom. The van der Waals surface area contributed by atoms with Gasteiger partial charge in [-0.3, -0.25) is 4.79 Å². The zero-order chi connectivity index (χ0) is 14.8. The molecular formula is C19H18OS. The van der Waals surface area contributed by atoms with E-state index < -0.39 is 0 Å². The number of hydrogen-bond acceptors (Lipinski definition) is 2. The second kappa shape index (κ2) is 5.82. The third-order valence-electron chi connectivity index (χ3n) is 3.59. The summed E-state index contributed by atoms with van der Waals surface area (Å²) in [5, 5.41) is 3.02. The van der Waals surface area contributed by atoms with E-state index in [1.807, 2.05) is 35.7 Å². The highest BCUT2D eigenvalue weighted by Crippen LogP contribution is 2.27. The maximum Gasteiger partial charge on any atom is 0.194 e. The highest BCUT2D eigenvalue weighted by Gasteiger charge is 2.14. The molecule has 1 nitrogen and oxygen atoms in total. The predicted octanol–water partition coefficient (Wildman–Crippen LogP) is 5.33. The van der Waals surface area contributed by atoms with Gasteiger partial charge in [0.15, 0.2) is 5.78 Å². The van der Waals surface area contributed by atoms with Gasteiger partial charge in [0.2, 0.25) is 0 Å². The minimum absolute atomic E-state index is 0.114. The lowest BCUT2D eigenvalue weighted by Gasteiger charge is -2.06. The van der Waals surface area contributed by atoms with Gasteiger partial charge < -0.3 is 0 Å². The molecule has 0 fully saturated rings. The van der Waals surface area contributed by atoms with Gasteiger partial charge in [-0.1, -0.05) is 56.3 Å². The molecule has 2 heteroatoms. The number of hydrogen-bond donors (Lipinski definition) is 0. The van der Waals surface area contributed by atoms with Crippen molar-refractivity contribution in [1.29, 1.82) is 0 Å². The van der Waals surface area contributed by atoms with Gasteiger partial charge >= 0.3 is 0 Å². The summed E-state index contributed by atoms with van der Waals surface area (Å²) in [7, 11) is 0. The topological polar surface area (TPSA) is 17.1 Å². The summed E-state index contributed by atoms with van der Waals surface area (Å²) in [5.74, 6) is 0.746. The fourth-order valence-electron chi connectivity index (χ4n) is 2.57. The van der Waals surface area contributed by atoms with E-state index in [9.17, 15) is 4.79 Å². The van der Waals surface area contributed by atoms with Crippen molar-refractivity contribution in [2.75, 3.05) is 0 Å². The largest absolute Gasteiger partial charge is 0.289 e. The molecule has 0 aliphatic rings. The van der Waals surface area contributed by atoms with E-state index in [0.717, 1.165) is 27.6 Å². The van der Waals surface area contributed by atoms with Crippen LogP contribution in [-0.4, -0.2) is 5.78 Å². The van der Waals surface area contributed by atoms with Gasteiger partial charge in [0.25, 0.3) is 0 Å². The summed E-state index contributed by atoms with van der Waals surface area (Å²) >= 11 is 1.63. The Labute approximate surface area is 129 Å². The smallest absolute Gasteiger partial charge is 0.194 e. The molecule has 0 atom stereocenters. The molecule has 1 heterocycles. The van der Waals surface area contributed by atoms with Crippen LogP contribution in [0.5, 0.6) is 0 Å². The molecule has 0 aliphatic carbocycles. The Kier molecular flexibility index (Phi) is 3.89. The van der Waals surface area contributed by atoms with Gasteiger partial charge in [-0.25, -0.2) is 0 Å². The van der Waals surface area contributed by atoms with E-state index >= 15 is 0 Å². The number of fused-ring (bicyclic) bond motifs is 1. The second-order valence-electron chi connectivity index (χ2n) is 5.77. The van der Waals surface area contributed by atoms with Gasteiger partial charge in [-0.2, -0.15) is 0 Å². The molecule has 0 amide bonds. The SMILES string of the molecule is CC(C)Cc1ccc(C(=O)c2csc3ccccc23)cc1. The number of carbonyl (C=O) groups excluding carboxylic acids is 1. The summed E-state index contributed by atoms with van der Waals surface area (Å²) in [6.07, 6.45) is 1.05. The van der Waals surface area contributed by atoms with Crippen molar-refractivity contribution in [3.05, 3.63) is 70.6 Å². The predicted molar refractivity (Wildman–Crippen MR) is 90.2 cm³/mol. The molecule has 0 radical (unpaired) electrons. The molecule has 106 valence electrons. The molecule has 0 saturated heterocycles. The molecule has 0 spiro atoms. The van der Waals surface area contributed by atoms with Crippen LogP contribution in [-0.2, 0) is 6.42 Å². The molecule has 1 aromatic heterocycles. The van der Waals surface area contributed by atoms with Crippen molar-refractivity contribution >= 4 is 27.2 Å². The third-order valence-corrected chi connectivity index (χ3v) is 4.55. The average molecular weight is 294 g/mol. The van der Waals surface area contributed by atoms with Crippen molar-refractivity contribution in [2.24, 2.45) is 5.92 Å². The number of rotatable bonds is 4. The minimum Gasteiger partial charge on any atom is -0.289 e. The van der Waals surface area contributed by atoms with Crippen molar-refractivity contribution in [1.82, 2.24) is 0 Å². The number of thiophene rings is 1. The second-order valence-corrected chi connectivity index (χ2v) is 6.68. The lowest BCUT2D eigenvalue weighted by atomic mass is 9.98. The maximum absolute atomic E-state index is 12.7. The van der Waals surface area contributed by atoms with E-state index in [1.54, 1.807) is 11.3 Å². The van der Waals surface area contributed by atoms with Gasteiger partial charge in [-0.05, 0) is 24.0 Å². The molecule has 0 N–H and O–H groups in total. The van der Waals surface area contributed by atoms with Gasteiger partial charge in [-0.15, -0.1) is 11.3 Å². The van der Waals surface area contributed by atoms with Crippen molar-refractivity contribution in [2.45, 2.75) is 20.3 Å². The van der Waals surface area contributed by atoms with Gasteiger partial charge in [0.05, 0.1) is 0 Å². The quantitative estimate of drug-likeness (QED) is 0.594. The third kappa shape index (κ3) is 2.91. The Balaban J connectivity index is 1.91. The molecule has 0 aliphatic heterocycles. The molecular weight excluding hydrogens is 276 g/mol. The number of carbonyl (C=O) groups is 1. The van der Waals surface area contributed by atoms with Crippen molar-refractivity contribution in [3.8, 4) is 0 Å². The lowest BCUT2D eigenvalue weighted by molar-refractivity contribution is 0.104. The molecule has 21 heavy (non-hydrogen) atoms. The Hall–Kier alpha value is -1.93. The standard InChI is InChI=1S/C19H18OS/c1-13(2)11-14-7-9-15(10-8-14)19(20)17-12-21-18-6-4-3-5-16(17)18/h3-10,12-13H,11H2,1-2H3. The summed E-state index contributed by atoms with van der Waals surface area (Å²) in [6, 6.07) is 16.1. The van der Waals surface area contributed by atoms with Crippen LogP contribution in [0.1, 0.15) is 35.3 Å².